The average Bonchev–Trinajstić information content (AvgIpc) is 2.15. The van der Waals surface area contributed by atoms with Crippen molar-refractivity contribution in [3.05, 3.63) is 0 Å². The van der Waals surface area contributed by atoms with E-state index in [0.717, 1.165) is 0 Å². The van der Waals surface area contributed by atoms with Gasteiger partial charge in [0.05, 0.1) is 25.4 Å². The van der Waals surface area contributed by atoms with E-state index in [1.54, 1.807) is 0 Å². The molecule has 0 saturated carbocycles. The largest absolute Gasteiger partial charge is 0.726 e. The smallest absolute Gasteiger partial charge is 0.218 e. The van der Waals surface area contributed by atoms with Crippen molar-refractivity contribution >= 4 is 20.8 Å². The lowest BCUT2D eigenvalue weighted by molar-refractivity contribution is -0.121. The zero-order valence-electron chi connectivity index (χ0n) is 8.79. The maximum absolute atomic E-state index is 10.3. The molecule has 10 nitrogen and oxygen atoms in total. The molecule has 1 saturated heterocycles. The van der Waals surface area contributed by atoms with E-state index in [2.05, 4.69) is 8.37 Å². The Morgan fingerprint density at radius 3 is 2.28 bits per heavy atom. The number of hydrogen-bond donors (Lipinski definition) is 1. The first kappa shape index (κ1) is 15.7. The topological polar surface area (TPSA) is 162 Å². The summed E-state index contributed by atoms with van der Waals surface area (Å²) in [4.78, 5) is 0. The molecule has 2 unspecified atom stereocenters. The second-order valence-electron chi connectivity index (χ2n) is 3.49. The van der Waals surface area contributed by atoms with Crippen LogP contribution >= 0.6 is 0 Å². The van der Waals surface area contributed by atoms with E-state index in [4.69, 9.17) is 4.74 Å². The third-order valence-electron chi connectivity index (χ3n) is 2.07. The highest BCUT2D eigenvalue weighted by atomic mass is 32.3. The van der Waals surface area contributed by atoms with Crippen LogP contribution in [0.25, 0.3) is 0 Å². The molecule has 3 atom stereocenters. The molecule has 0 aromatic rings. The van der Waals surface area contributed by atoms with Crippen LogP contribution in [0.1, 0.15) is 6.42 Å². The Bertz CT molecular complexity index is 467. The Labute approximate surface area is 103 Å². The minimum absolute atomic E-state index is 0.240. The number of rotatable bonds is 5. The maximum Gasteiger partial charge on any atom is 0.218 e. The molecule has 108 valence electrons. The van der Waals surface area contributed by atoms with Crippen molar-refractivity contribution < 1.29 is 44.2 Å². The van der Waals surface area contributed by atoms with Crippen molar-refractivity contribution in [2.45, 2.75) is 24.7 Å². The molecule has 0 spiro atoms. The fraction of sp³-hybridized carbons (Fsp3) is 1.00. The Balaban J connectivity index is 2.46. The van der Waals surface area contributed by atoms with Gasteiger partial charge in [-0.15, -0.1) is 0 Å². The molecule has 0 radical (unpaired) electrons. The molecule has 1 rings (SSSR count). The van der Waals surface area contributed by atoms with E-state index < -0.39 is 52.3 Å². The molecule has 0 aromatic heterocycles. The van der Waals surface area contributed by atoms with Crippen LogP contribution in [0.4, 0.5) is 0 Å². The summed E-state index contributed by atoms with van der Waals surface area (Å²) < 4.78 is 74.2. The molecule has 1 aliphatic rings. The fourth-order valence-electron chi connectivity index (χ4n) is 1.35. The zero-order valence-corrected chi connectivity index (χ0v) is 10.4. The van der Waals surface area contributed by atoms with Gasteiger partial charge in [-0.05, 0) is 0 Å². The molecule has 18 heavy (non-hydrogen) atoms. The van der Waals surface area contributed by atoms with E-state index in [9.17, 15) is 31.0 Å². The van der Waals surface area contributed by atoms with Crippen molar-refractivity contribution in [3.8, 4) is 0 Å². The standard InChI is InChI=1S/C6H12O10S2/c7-5-1-4(2-15-17(8,9)10)14-3-6(5)16-18(11,12)13/h4-7H,1-3H2,(H,8,9,10)(H,11,12,13)/p-2/t4?,5-,6?/m1/s1. The summed E-state index contributed by atoms with van der Waals surface area (Å²) in [7, 11) is -9.85. The van der Waals surface area contributed by atoms with Crippen LogP contribution in [-0.4, -0.2) is 62.6 Å². The number of ether oxygens (including phenoxy) is 1. The third-order valence-corrected chi connectivity index (χ3v) is 2.98. The first-order valence-electron chi connectivity index (χ1n) is 4.61. The van der Waals surface area contributed by atoms with E-state index in [1.165, 1.54) is 0 Å². The van der Waals surface area contributed by atoms with E-state index in [0.29, 0.717) is 0 Å². The Morgan fingerprint density at radius 2 is 1.83 bits per heavy atom. The van der Waals surface area contributed by atoms with Gasteiger partial charge >= 0.3 is 0 Å². The van der Waals surface area contributed by atoms with Crippen LogP contribution in [0, 0.1) is 0 Å². The van der Waals surface area contributed by atoms with Gasteiger partial charge in [-0.25, -0.2) is 16.8 Å². The molecule has 0 bridgehead atoms. The molecule has 0 amide bonds. The summed E-state index contributed by atoms with van der Waals surface area (Å²) in [6.07, 6.45) is -3.88. The van der Waals surface area contributed by atoms with Gasteiger partial charge in [-0.3, -0.25) is 8.37 Å². The quantitative estimate of drug-likeness (QED) is 0.422. The lowest BCUT2D eigenvalue weighted by atomic mass is 10.0. The van der Waals surface area contributed by atoms with Crippen LogP contribution < -0.4 is 0 Å². The number of hydrogen-bond acceptors (Lipinski definition) is 10. The van der Waals surface area contributed by atoms with Gasteiger partial charge in [-0.2, -0.15) is 0 Å². The summed E-state index contributed by atoms with van der Waals surface area (Å²) in [6.45, 7) is -1.06. The van der Waals surface area contributed by atoms with Gasteiger partial charge in [-0.1, -0.05) is 0 Å². The summed E-state index contributed by atoms with van der Waals surface area (Å²) in [6, 6.07) is 0. The third kappa shape index (κ3) is 6.01. The minimum atomic E-state index is -4.98. The Hall–Kier alpha value is -0.340. The summed E-state index contributed by atoms with van der Waals surface area (Å²) in [5.41, 5.74) is 0. The van der Waals surface area contributed by atoms with Gasteiger partial charge < -0.3 is 18.9 Å². The number of aliphatic hydroxyl groups is 1. The van der Waals surface area contributed by atoms with Crippen molar-refractivity contribution in [2.75, 3.05) is 13.2 Å². The minimum Gasteiger partial charge on any atom is -0.726 e. The first-order chi connectivity index (χ1) is 8.07. The van der Waals surface area contributed by atoms with Crippen LogP contribution in [0.3, 0.4) is 0 Å². The Kier molecular flexibility index (Phi) is 5.02. The highest BCUT2D eigenvalue weighted by molar-refractivity contribution is 7.81. The van der Waals surface area contributed by atoms with Crippen molar-refractivity contribution in [2.24, 2.45) is 0 Å². The highest BCUT2D eigenvalue weighted by Gasteiger charge is 2.32. The predicted octanol–water partition coefficient (Wildman–Crippen LogP) is -2.54. The fourth-order valence-corrected chi connectivity index (χ4v) is 2.15. The normalized spacial score (nSPS) is 30.3. The SMILES string of the molecule is O=S(=O)([O-])OCC1C[C@@H](O)C(OS(=O)(=O)[O-])CO1. The lowest BCUT2D eigenvalue weighted by Gasteiger charge is -2.33. The van der Waals surface area contributed by atoms with Gasteiger partial charge in [0.2, 0.25) is 20.8 Å². The van der Waals surface area contributed by atoms with Crippen LogP contribution in [-0.2, 0) is 33.9 Å². The summed E-state index contributed by atoms with van der Waals surface area (Å²) >= 11 is 0. The van der Waals surface area contributed by atoms with Gasteiger partial charge in [0.25, 0.3) is 0 Å². The van der Waals surface area contributed by atoms with Crippen molar-refractivity contribution in [1.29, 1.82) is 0 Å². The first-order valence-corrected chi connectivity index (χ1v) is 7.27. The molecular weight excluding hydrogens is 296 g/mol. The number of aliphatic hydroxyl groups excluding tert-OH is 1. The van der Waals surface area contributed by atoms with E-state index in [1.807, 2.05) is 0 Å². The van der Waals surface area contributed by atoms with Crippen LogP contribution in [0.2, 0.25) is 0 Å². The van der Waals surface area contributed by atoms with Crippen LogP contribution in [0.5, 0.6) is 0 Å². The molecular formula is C6H10O10S2-2. The molecule has 12 heteroatoms. The van der Waals surface area contributed by atoms with E-state index in [-0.39, 0.29) is 6.42 Å². The molecule has 1 fully saturated rings. The van der Waals surface area contributed by atoms with Crippen LogP contribution in [0.15, 0.2) is 0 Å². The second-order valence-corrected chi connectivity index (χ2v) is 5.56. The molecule has 1 aliphatic heterocycles. The highest BCUT2D eigenvalue weighted by Crippen LogP contribution is 2.18. The van der Waals surface area contributed by atoms with Crippen molar-refractivity contribution in [1.82, 2.24) is 0 Å². The molecule has 1 N–H and O–H groups in total. The molecule has 0 aliphatic carbocycles. The lowest BCUT2D eigenvalue weighted by Crippen LogP contribution is -2.45. The van der Waals surface area contributed by atoms with Gasteiger partial charge in [0, 0.05) is 6.42 Å². The molecule has 1 heterocycles. The summed E-state index contributed by atoms with van der Waals surface area (Å²) in [5.74, 6) is 0. The second kappa shape index (κ2) is 5.75. The Morgan fingerprint density at radius 1 is 1.22 bits per heavy atom. The maximum atomic E-state index is 10.3. The monoisotopic (exact) mass is 306 g/mol. The van der Waals surface area contributed by atoms with Gasteiger partial charge in [0.15, 0.2) is 0 Å². The summed E-state index contributed by atoms with van der Waals surface area (Å²) in [5, 5.41) is 9.44. The van der Waals surface area contributed by atoms with Gasteiger partial charge in [0.1, 0.15) is 6.10 Å². The molecule has 0 aromatic carbocycles. The van der Waals surface area contributed by atoms with E-state index >= 15 is 0 Å². The van der Waals surface area contributed by atoms with Crippen molar-refractivity contribution in [3.63, 3.8) is 0 Å². The zero-order chi connectivity index (χ0) is 14.0. The average molecular weight is 306 g/mol. The predicted molar refractivity (Wildman–Crippen MR) is 50.6 cm³/mol.